The van der Waals surface area contributed by atoms with E-state index < -0.39 is 0 Å². The number of hydrogen-bond donors (Lipinski definition) is 0. The van der Waals surface area contributed by atoms with Gasteiger partial charge in [-0.3, -0.25) is 0 Å². The second kappa shape index (κ2) is 58.2. The van der Waals surface area contributed by atoms with Crippen LogP contribution in [0.1, 0.15) is 227 Å². The topological polar surface area (TPSA) is 38.9 Å². The van der Waals surface area contributed by atoms with Crippen molar-refractivity contribution in [2.75, 3.05) is 28.8 Å². The summed E-state index contributed by atoms with van der Waals surface area (Å²) in [4.78, 5) is 9.48. The second-order valence-corrected chi connectivity index (χ2v) is 24.4. The molecular formula is C107H159N10+3. The first kappa shape index (κ1) is 106. The monoisotopic (exact) mass is 1580 g/mol. The Bertz CT molecular complexity index is 5060. The van der Waals surface area contributed by atoms with Gasteiger partial charge in [0.2, 0.25) is 0 Å². The Labute approximate surface area is 714 Å². The zero-order valence-corrected chi connectivity index (χ0v) is 80.5. The molecule has 0 N–H and O–H groups in total. The fourth-order valence-corrected chi connectivity index (χ4v) is 13.8. The van der Waals surface area contributed by atoms with Gasteiger partial charge in [-0.25, -0.2) is 4.57 Å². The molecular weight excluding hydrogens is 1430 g/mol. The van der Waals surface area contributed by atoms with Gasteiger partial charge in [-0.1, -0.05) is 344 Å². The summed E-state index contributed by atoms with van der Waals surface area (Å²) in [5.41, 5.74) is 23.5. The second-order valence-electron chi connectivity index (χ2n) is 24.4. The maximum Gasteiger partial charge on any atom is 0.286 e. The predicted octanol–water partition coefficient (Wildman–Crippen LogP) is 30.2. The van der Waals surface area contributed by atoms with Gasteiger partial charge in [-0.2, -0.15) is 4.57 Å². The van der Waals surface area contributed by atoms with E-state index in [4.69, 9.17) is 0 Å². The number of pyridine rings is 2. The SMILES string of the molecule is CC.CC.CC.CC.CC.CC.CC.CC.CC.CC.CC.CC.CC.Cc1cccc2c1N1C(=CN(C)[C@@H]1C)c1ccccc1-2.Cc1cccc2c3ccccc3c3cc[n+](C)n3c12.Cc1cccc2c3ccccc3n(-c3cccc[n+]3C)c12.Cc1ccccc1-n1ccc[n+]1C.Cc1ccccc1N1c2ccccc2N(C)[C@@H]1C. The van der Waals surface area contributed by atoms with Crippen LogP contribution >= 0.6 is 0 Å². The first-order valence-corrected chi connectivity index (χ1v) is 44.6. The molecule has 14 aromatic rings. The third-order valence-corrected chi connectivity index (χ3v) is 18.7. The number of aromatic nitrogens is 6. The van der Waals surface area contributed by atoms with Crippen LogP contribution in [0.25, 0.3) is 77.3 Å². The van der Waals surface area contributed by atoms with Crippen LogP contribution in [-0.2, 0) is 21.1 Å². The largest absolute Gasteiger partial charge is 0.358 e. The summed E-state index contributed by atoms with van der Waals surface area (Å²) in [6.45, 7) is 67.4. The van der Waals surface area contributed by atoms with Crippen LogP contribution < -0.4 is 28.6 Å². The van der Waals surface area contributed by atoms with Crippen molar-refractivity contribution in [3.63, 3.8) is 0 Å². The van der Waals surface area contributed by atoms with Crippen molar-refractivity contribution in [1.29, 1.82) is 0 Å². The van der Waals surface area contributed by atoms with Crippen LogP contribution in [-0.4, -0.2) is 45.1 Å². The van der Waals surface area contributed by atoms with E-state index in [0.29, 0.717) is 12.3 Å². The number of benzene rings is 9. The number of para-hydroxylation sites is 8. The van der Waals surface area contributed by atoms with E-state index in [1.807, 2.05) is 199 Å². The van der Waals surface area contributed by atoms with E-state index in [2.05, 4.69) is 373 Å². The van der Waals surface area contributed by atoms with Gasteiger partial charge in [-0.05, 0) is 136 Å². The van der Waals surface area contributed by atoms with Crippen LogP contribution in [0.15, 0.2) is 262 Å². The summed E-state index contributed by atoms with van der Waals surface area (Å²) in [6, 6.07) is 81.7. The lowest BCUT2D eigenvalue weighted by Crippen LogP contribution is -2.36. The molecule has 0 fully saturated rings. The molecule has 8 heterocycles. The zero-order chi connectivity index (χ0) is 89.2. The Hall–Kier alpha value is -10.7. The van der Waals surface area contributed by atoms with Gasteiger partial charge in [0.1, 0.15) is 40.1 Å². The fraction of sp³-hybridized carbons (Fsp3) is 0.374. The van der Waals surface area contributed by atoms with E-state index in [0.717, 1.165) is 0 Å². The lowest BCUT2D eigenvalue weighted by Gasteiger charge is -2.36. The van der Waals surface area contributed by atoms with Gasteiger partial charge >= 0.3 is 0 Å². The summed E-state index contributed by atoms with van der Waals surface area (Å²) in [5, 5.41) is 6.57. The molecule has 0 unspecified atom stereocenters. The highest BCUT2D eigenvalue weighted by molar-refractivity contribution is 6.13. The molecule has 117 heavy (non-hydrogen) atoms. The Balaban J connectivity index is 0.00000135. The predicted molar refractivity (Wildman–Crippen MR) is 526 cm³/mol. The number of rotatable bonds is 3. The Morgan fingerprint density at radius 1 is 0.291 bits per heavy atom. The molecule has 0 bridgehead atoms. The molecule has 2 atom stereocenters. The number of nitrogens with zero attached hydrogens (tertiary/aromatic N) is 10. The number of aryl methyl sites for hydroxylation is 8. The first-order chi connectivity index (χ1) is 57.2. The summed E-state index contributed by atoms with van der Waals surface area (Å²) < 4.78 is 13.2. The van der Waals surface area contributed by atoms with Crippen molar-refractivity contribution in [2.24, 2.45) is 21.1 Å². The van der Waals surface area contributed by atoms with E-state index >= 15 is 0 Å². The highest BCUT2D eigenvalue weighted by Crippen LogP contribution is 2.49. The standard InChI is InChI=1S/C19H17N2.C18H18N2.C17H15N2.C16H18N2.C11H13N2.13C2H6/c1-14-8-7-10-16-15-9-3-4-11-17(15)21(19(14)16)18-12-5-6-13-20(18)2;1-12-7-6-10-16-14-8-4-5-9-15(14)17-11-19(3)13(2)20(17)18(12)16;1-12-6-5-9-15-13-7-3-4-8-14(13)16-10-11-18(2)19(16)17(12)15;1-12-8-4-5-9-14(12)18-13(2)17(3)15-10-6-7-11-16(15)18;1-10-6-3-4-7-11(10)13-9-5-8-12(13)2;13*1-2/h3-13H,1-2H3;4-11,13H,1-3H3;3-11H,1-2H3;4-11,13H,1-3H3;3-9H,1-2H3;13*1-2H3/q+1;;+1;;+1;;;;;;;;;;;;;/t;13-;;13-;;;;;;;;;;;;;;/m.0.0............../s1. The smallest absolute Gasteiger partial charge is 0.286 e. The molecule has 3 aliphatic heterocycles. The summed E-state index contributed by atoms with van der Waals surface area (Å²) in [5.74, 6) is 1.18. The molecule has 17 rings (SSSR count). The van der Waals surface area contributed by atoms with E-state index in [1.54, 1.807) is 0 Å². The number of anilines is 4. The maximum absolute atomic E-state index is 2.47. The molecule has 634 valence electrons. The van der Waals surface area contributed by atoms with E-state index in [9.17, 15) is 0 Å². The van der Waals surface area contributed by atoms with Gasteiger partial charge < -0.3 is 19.6 Å². The molecule has 0 saturated heterocycles. The first-order valence-electron chi connectivity index (χ1n) is 44.6. The zero-order valence-electron chi connectivity index (χ0n) is 80.5. The Kier molecular flexibility index (Phi) is 52.9. The number of fused-ring (bicyclic) bond motifs is 16. The van der Waals surface area contributed by atoms with Crippen LogP contribution in [0, 0.1) is 34.6 Å². The van der Waals surface area contributed by atoms with Crippen LogP contribution in [0.5, 0.6) is 0 Å². The van der Waals surface area contributed by atoms with Gasteiger partial charge in [-0.15, -0.1) is 18.6 Å². The third kappa shape index (κ3) is 25.2. The van der Waals surface area contributed by atoms with Crippen molar-refractivity contribution in [2.45, 2.75) is 241 Å². The molecule has 10 heteroatoms. The van der Waals surface area contributed by atoms with Crippen LogP contribution in [0.4, 0.5) is 22.7 Å². The molecule has 0 aliphatic carbocycles. The molecule has 0 saturated carbocycles. The lowest BCUT2D eigenvalue weighted by molar-refractivity contribution is -0.744. The third-order valence-electron chi connectivity index (χ3n) is 18.7. The minimum absolute atomic E-state index is 0.350. The van der Waals surface area contributed by atoms with Crippen LogP contribution in [0.2, 0.25) is 0 Å². The summed E-state index contributed by atoms with van der Waals surface area (Å²) >= 11 is 0. The molecule has 9 aromatic carbocycles. The van der Waals surface area contributed by atoms with Crippen molar-refractivity contribution in [3.05, 3.63) is 295 Å². The van der Waals surface area contributed by atoms with Gasteiger partial charge in [0.15, 0.2) is 26.5 Å². The summed E-state index contributed by atoms with van der Waals surface area (Å²) in [6.07, 6.45) is 11.3. The van der Waals surface area contributed by atoms with Crippen molar-refractivity contribution >= 4 is 77.4 Å². The average Bonchev–Trinajstić information content (AvgIpc) is 1.70. The Morgan fingerprint density at radius 2 is 0.701 bits per heavy atom. The quantitative estimate of drug-likeness (QED) is 0.131. The molecule has 10 nitrogen and oxygen atoms in total. The maximum atomic E-state index is 2.47. The van der Waals surface area contributed by atoms with Gasteiger partial charge in [0.25, 0.3) is 5.82 Å². The minimum atomic E-state index is 0.350. The average molecular weight is 1590 g/mol. The summed E-state index contributed by atoms with van der Waals surface area (Å²) in [7, 11) is 10.5. The highest BCUT2D eigenvalue weighted by atomic mass is 15.4. The van der Waals surface area contributed by atoms with Crippen molar-refractivity contribution in [3.8, 4) is 22.6 Å². The minimum Gasteiger partial charge on any atom is -0.358 e. The molecule has 0 amide bonds. The highest BCUT2D eigenvalue weighted by Gasteiger charge is 2.36. The van der Waals surface area contributed by atoms with Crippen molar-refractivity contribution < 1.29 is 13.9 Å². The normalized spacial score (nSPS) is 11.8. The molecule has 0 radical (unpaired) electrons. The molecule has 5 aromatic heterocycles. The van der Waals surface area contributed by atoms with E-state index in [-0.39, 0.29) is 0 Å². The fourth-order valence-electron chi connectivity index (χ4n) is 13.8. The molecule has 0 spiro atoms. The lowest BCUT2D eigenvalue weighted by atomic mass is 9.90. The van der Waals surface area contributed by atoms with Crippen molar-refractivity contribution in [1.82, 2.24) is 18.7 Å². The van der Waals surface area contributed by atoms with Gasteiger partial charge in [0, 0.05) is 76.9 Å². The molecule has 3 aliphatic rings. The van der Waals surface area contributed by atoms with E-state index in [1.165, 1.54) is 133 Å². The van der Waals surface area contributed by atoms with Gasteiger partial charge in [0.05, 0.1) is 42.2 Å². The van der Waals surface area contributed by atoms with Crippen LogP contribution in [0.3, 0.4) is 0 Å². The number of hydrogen-bond acceptors (Lipinski definition) is 4. The Morgan fingerprint density at radius 3 is 1.23 bits per heavy atom.